The maximum Gasteiger partial charge on any atom is 0.261 e. The molecule has 0 fully saturated rings. The summed E-state index contributed by atoms with van der Waals surface area (Å²) >= 11 is 6.20. The van der Waals surface area contributed by atoms with Crippen LogP contribution in [0.2, 0.25) is 5.02 Å². The zero-order chi connectivity index (χ0) is 15.7. The van der Waals surface area contributed by atoms with Crippen molar-refractivity contribution in [1.29, 1.82) is 0 Å². The molecule has 3 nitrogen and oxygen atoms in total. The number of hydrogen-bond acceptors (Lipinski definition) is 2. The Morgan fingerprint density at radius 2 is 1.68 bits per heavy atom. The molecule has 1 heterocycles. The second-order valence-corrected chi connectivity index (χ2v) is 6.05. The molecule has 114 valence electrons. The molecule has 1 aliphatic heterocycles. The van der Waals surface area contributed by atoms with Crippen molar-refractivity contribution in [2.45, 2.75) is 32.6 Å². The fraction of sp³-hybridized carbons (Fsp3) is 0.333. The van der Waals surface area contributed by atoms with E-state index in [1.807, 2.05) is 12.1 Å². The summed E-state index contributed by atoms with van der Waals surface area (Å²) in [5.74, 6) is -0.413. The highest BCUT2D eigenvalue weighted by atomic mass is 35.5. The van der Waals surface area contributed by atoms with Gasteiger partial charge >= 0.3 is 0 Å². The van der Waals surface area contributed by atoms with E-state index >= 15 is 0 Å². The Bertz CT molecular complexity index is 732. The molecule has 4 heteroatoms. The SMILES string of the molecule is CCCCCCN1C(=O)c2cccc3c(Cl)ccc(c23)C1=O. The van der Waals surface area contributed by atoms with E-state index in [0.717, 1.165) is 31.1 Å². The van der Waals surface area contributed by atoms with Crippen LogP contribution in [-0.2, 0) is 0 Å². The summed E-state index contributed by atoms with van der Waals surface area (Å²) in [6, 6.07) is 8.89. The number of hydrogen-bond donors (Lipinski definition) is 0. The number of imide groups is 1. The van der Waals surface area contributed by atoms with Crippen LogP contribution in [0, 0.1) is 0 Å². The topological polar surface area (TPSA) is 37.4 Å². The van der Waals surface area contributed by atoms with Crippen molar-refractivity contribution >= 4 is 34.2 Å². The molecule has 0 unspecified atom stereocenters. The summed E-state index contributed by atoms with van der Waals surface area (Å²) in [6.45, 7) is 2.62. The van der Waals surface area contributed by atoms with E-state index in [0.29, 0.717) is 28.1 Å². The molecule has 0 radical (unpaired) electrons. The lowest BCUT2D eigenvalue weighted by molar-refractivity contribution is 0.0608. The van der Waals surface area contributed by atoms with Gasteiger partial charge in [0, 0.05) is 33.5 Å². The number of amides is 2. The molecule has 3 rings (SSSR count). The fourth-order valence-electron chi connectivity index (χ4n) is 3.01. The van der Waals surface area contributed by atoms with E-state index in [1.54, 1.807) is 18.2 Å². The number of carbonyl (C=O) groups is 2. The average molecular weight is 316 g/mol. The molecule has 0 atom stereocenters. The van der Waals surface area contributed by atoms with Crippen molar-refractivity contribution < 1.29 is 9.59 Å². The molecule has 2 aromatic carbocycles. The number of carbonyl (C=O) groups excluding carboxylic acids is 2. The third-order valence-electron chi connectivity index (χ3n) is 4.17. The van der Waals surface area contributed by atoms with Crippen molar-refractivity contribution in [2.75, 3.05) is 6.54 Å². The van der Waals surface area contributed by atoms with Gasteiger partial charge in [0.2, 0.25) is 0 Å². The monoisotopic (exact) mass is 315 g/mol. The molecule has 2 aromatic rings. The van der Waals surface area contributed by atoms with Gasteiger partial charge in [-0.15, -0.1) is 0 Å². The highest BCUT2D eigenvalue weighted by Gasteiger charge is 2.32. The van der Waals surface area contributed by atoms with Gasteiger partial charge in [-0.05, 0) is 24.6 Å². The third-order valence-corrected chi connectivity index (χ3v) is 4.50. The van der Waals surface area contributed by atoms with Crippen molar-refractivity contribution in [1.82, 2.24) is 4.90 Å². The van der Waals surface area contributed by atoms with Gasteiger partial charge in [-0.3, -0.25) is 14.5 Å². The van der Waals surface area contributed by atoms with Crippen LogP contribution in [0.4, 0.5) is 0 Å². The Morgan fingerprint density at radius 1 is 0.955 bits per heavy atom. The van der Waals surface area contributed by atoms with Crippen LogP contribution in [0.1, 0.15) is 53.3 Å². The maximum atomic E-state index is 12.7. The first kappa shape index (κ1) is 15.0. The van der Waals surface area contributed by atoms with Crippen molar-refractivity contribution in [3.63, 3.8) is 0 Å². The fourth-order valence-corrected chi connectivity index (χ4v) is 3.23. The molecule has 0 saturated heterocycles. The van der Waals surface area contributed by atoms with Crippen LogP contribution in [0.25, 0.3) is 10.8 Å². The van der Waals surface area contributed by atoms with Crippen molar-refractivity contribution in [2.24, 2.45) is 0 Å². The number of halogens is 1. The molecule has 2 amide bonds. The first-order chi connectivity index (χ1) is 10.6. The summed E-state index contributed by atoms with van der Waals surface area (Å²) in [7, 11) is 0. The largest absolute Gasteiger partial charge is 0.274 e. The smallest absolute Gasteiger partial charge is 0.261 e. The molecule has 22 heavy (non-hydrogen) atoms. The zero-order valence-electron chi connectivity index (χ0n) is 12.6. The third kappa shape index (κ3) is 2.40. The second-order valence-electron chi connectivity index (χ2n) is 5.65. The van der Waals surface area contributed by atoms with Gasteiger partial charge in [-0.2, -0.15) is 0 Å². The molecular formula is C18H18ClNO2. The minimum Gasteiger partial charge on any atom is -0.274 e. The molecule has 1 aliphatic rings. The predicted molar refractivity (Wildman–Crippen MR) is 88.5 cm³/mol. The average Bonchev–Trinajstić information content (AvgIpc) is 2.53. The lowest BCUT2D eigenvalue weighted by Crippen LogP contribution is -2.40. The highest BCUT2D eigenvalue weighted by molar-refractivity contribution is 6.38. The lowest BCUT2D eigenvalue weighted by atomic mass is 9.94. The molecular weight excluding hydrogens is 298 g/mol. The summed E-state index contributed by atoms with van der Waals surface area (Å²) < 4.78 is 0. The van der Waals surface area contributed by atoms with Gasteiger partial charge in [0.05, 0.1) is 0 Å². The van der Waals surface area contributed by atoms with Crippen LogP contribution >= 0.6 is 11.6 Å². The predicted octanol–water partition coefficient (Wildman–Crippen LogP) is 4.67. The van der Waals surface area contributed by atoms with Gasteiger partial charge in [0.25, 0.3) is 11.8 Å². The van der Waals surface area contributed by atoms with Gasteiger partial charge in [-0.25, -0.2) is 0 Å². The van der Waals surface area contributed by atoms with Crippen LogP contribution < -0.4 is 0 Å². The van der Waals surface area contributed by atoms with Crippen molar-refractivity contribution in [3.8, 4) is 0 Å². The summed E-state index contributed by atoms with van der Waals surface area (Å²) in [5, 5.41) is 2.02. The van der Waals surface area contributed by atoms with Crippen LogP contribution in [0.15, 0.2) is 30.3 Å². The first-order valence-electron chi connectivity index (χ1n) is 7.72. The van der Waals surface area contributed by atoms with E-state index in [-0.39, 0.29) is 11.8 Å². The van der Waals surface area contributed by atoms with E-state index in [1.165, 1.54) is 4.90 Å². The van der Waals surface area contributed by atoms with Gasteiger partial charge < -0.3 is 0 Å². The van der Waals surface area contributed by atoms with E-state index in [9.17, 15) is 9.59 Å². The summed E-state index contributed by atoms with van der Waals surface area (Å²) in [5.41, 5.74) is 1.15. The Morgan fingerprint density at radius 3 is 2.41 bits per heavy atom. The second kappa shape index (κ2) is 6.09. The standard InChI is InChI=1S/C18H18ClNO2/c1-2-3-4-5-11-20-17(21)13-8-6-7-12-15(19)10-9-14(16(12)13)18(20)22/h6-10H,2-5,11H2,1H3. The molecule has 0 bridgehead atoms. The van der Waals surface area contributed by atoms with Gasteiger partial charge in [0.1, 0.15) is 0 Å². The van der Waals surface area contributed by atoms with E-state index < -0.39 is 0 Å². The van der Waals surface area contributed by atoms with Crippen LogP contribution in [0.3, 0.4) is 0 Å². The molecule has 0 spiro atoms. The minimum atomic E-state index is -0.207. The normalized spacial score (nSPS) is 14.0. The van der Waals surface area contributed by atoms with Crippen molar-refractivity contribution in [3.05, 3.63) is 46.5 Å². The van der Waals surface area contributed by atoms with E-state index in [4.69, 9.17) is 11.6 Å². The molecule has 0 aliphatic carbocycles. The quantitative estimate of drug-likeness (QED) is 0.594. The lowest BCUT2D eigenvalue weighted by Gasteiger charge is -2.27. The summed E-state index contributed by atoms with van der Waals surface area (Å²) in [6.07, 6.45) is 4.13. The number of benzene rings is 2. The number of rotatable bonds is 5. The number of unbranched alkanes of at least 4 members (excludes halogenated alkanes) is 3. The summed E-state index contributed by atoms with van der Waals surface area (Å²) in [4.78, 5) is 26.7. The maximum absolute atomic E-state index is 12.7. The molecule has 0 N–H and O–H groups in total. The zero-order valence-corrected chi connectivity index (χ0v) is 13.3. The molecule has 0 aromatic heterocycles. The Kier molecular flexibility index (Phi) is 4.16. The highest BCUT2D eigenvalue weighted by Crippen LogP contribution is 2.34. The Hall–Kier alpha value is -1.87. The minimum absolute atomic E-state index is 0.207. The first-order valence-corrected chi connectivity index (χ1v) is 8.10. The van der Waals surface area contributed by atoms with E-state index in [2.05, 4.69) is 6.92 Å². The number of nitrogens with zero attached hydrogens (tertiary/aromatic N) is 1. The van der Waals surface area contributed by atoms with Gasteiger partial charge in [-0.1, -0.05) is 49.9 Å². The Labute approximate surface area is 134 Å². The van der Waals surface area contributed by atoms with Crippen LogP contribution in [0.5, 0.6) is 0 Å². The van der Waals surface area contributed by atoms with Gasteiger partial charge in [0.15, 0.2) is 0 Å². The van der Waals surface area contributed by atoms with Crippen LogP contribution in [-0.4, -0.2) is 23.3 Å². The Balaban J connectivity index is 2.00. The molecule has 0 saturated carbocycles.